The molecule has 0 fully saturated rings. The van der Waals surface area contributed by atoms with Crippen molar-refractivity contribution in [1.29, 1.82) is 0 Å². The van der Waals surface area contributed by atoms with Crippen LogP contribution in [0, 0.1) is 0 Å². The van der Waals surface area contributed by atoms with E-state index in [1.54, 1.807) is 12.1 Å². The molecule has 2 aromatic carbocycles. The number of esters is 1. The smallest absolute Gasteiger partial charge is 0.344 e. The second-order valence-electron chi connectivity index (χ2n) is 3.98. The summed E-state index contributed by atoms with van der Waals surface area (Å²) in [6, 6.07) is 18.5. The van der Waals surface area contributed by atoms with E-state index in [1.165, 1.54) is 0 Å². The number of ether oxygens (including phenoxy) is 1. The molecular weight excluding hydrogens is 226 g/mol. The van der Waals surface area contributed by atoms with Gasteiger partial charge in [0.1, 0.15) is 0 Å². The van der Waals surface area contributed by atoms with Gasteiger partial charge in [-0.3, -0.25) is 0 Å². The lowest BCUT2D eigenvalue weighted by molar-refractivity contribution is 0.0729. The summed E-state index contributed by atoms with van der Waals surface area (Å²) < 4.78 is 5.29. The van der Waals surface area contributed by atoms with Crippen LogP contribution < -0.4 is 4.74 Å². The molecule has 0 saturated carbocycles. The summed E-state index contributed by atoms with van der Waals surface area (Å²) in [6.07, 6.45) is 0. The molecule has 1 heterocycles. The minimum atomic E-state index is -0.359. The molecule has 0 aliphatic heterocycles. The predicted octanol–water partition coefficient (Wildman–Crippen LogP) is 3.39. The molecule has 1 aromatic heterocycles. The fourth-order valence-electron chi connectivity index (χ4n) is 1.83. The first kappa shape index (κ1) is 10.6. The molecule has 18 heavy (non-hydrogen) atoms. The maximum Gasteiger partial charge on any atom is 0.344 e. The molecule has 3 rings (SSSR count). The first-order chi connectivity index (χ1) is 8.83. The Hall–Kier alpha value is -2.55. The Morgan fingerprint density at radius 2 is 1.67 bits per heavy atom. The lowest BCUT2D eigenvalue weighted by atomic mass is 10.2. The first-order valence-electron chi connectivity index (χ1n) is 5.68. The number of hydrogen-bond acceptors (Lipinski definition) is 2. The van der Waals surface area contributed by atoms with Crippen molar-refractivity contribution < 1.29 is 9.53 Å². The number of hydrogen-bond donors (Lipinski definition) is 1. The van der Waals surface area contributed by atoms with Crippen molar-refractivity contribution in [3.05, 3.63) is 66.2 Å². The van der Waals surface area contributed by atoms with Crippen LogP contribution in [-0.4, -0.2) is 11.0 Å². The Balaban J connectivity index is 1.86. The molecule has 0 bridgehead atoms. The number of aromatic amines is 1. The van der Waals surface area contributed by atoms with E-state index >= 15 is 0 Å². The van der Waals surface area contributed by atoms with Crippen molar-refractivity contribution in [2.24, 2.45) is 0 Å². The normalized spacial score (nSPS) is 10.4. The van der Waals surface area contributed by atoms with E-state index in [0.717, 1.165) is 10.9 Å². The molecule has 3 nitrogen and oxygen atoms in total. The van der Waals surface area contributed by atoms with Gasteiger partial charge < -0.3 is 9.72 Å². The average Bonchev–Trinajstić information content (AvgIpc) is 2.82. The lowest BCUT2D eigenvalue weighted by Crippen LogP contribution is -2.08. The molecule has 88 valence electrons. The molecule has 0 amide bonds. The van der Waals surface area contributed by atoms with Gasteiger partial charge in [-0.2, -0.15) is 0 Å². The fraction of sp³-hybridized carbons (Fsp3) is 0. The molecule has 3 aromatic rings. The summed E-state index contributed by atoms with van der Waals surface area (Å²) in [4.78, 5) is 14.9. The zero-order valence-corrected chi connectivity index (χ0v) is 9.59. The van der Waals surface area contributed by atoms with Gasteiger partial charge in [-0.25, -0.2) is 4.79 Å². The monoisotopic (exact) mass is 237 g/mol. The Morgan fingerprint density at radius 3 is 2.44 bits per heavy atom. The second kappa shape index (κ2) is 4.37. The SMILES string of the molecule is O=C(Oc1cc2ccccc2[nH]1)c1ccccc1. The quantitative estimate of drug-likeness (QED) is 0.694. The second-order valence-corrected chi connectivity index (χ2v) is 3.98. The zero-order chi connectivity index (χ0) is 12.4. The Morgan fingerprint density at radius 1 is 0.944 bits per heavy atom. The van der Waals surface area contributed by atoms with Crippen molar-refractivity contribution in [3.63, 3.8) is 0 Å². The van der Waals surface area contributed by atoms with Crippen molar-refractivity contribution in [3.8, 4) is 5.88 Å². The van der Waals surface area contributed by atoms with Crippen LogP contribution in [0.5, 0.6) is 5.88 Å². The number of H-pyrrole nitrogens is 1. The van der Waals surface area contributed by atoms with Gasteiger partial charge in [0.2, 0.25) is 5.88 Å². The summed E-state index contributed by atoms with van der Waals surface area (Å²) in [7, 11) is 0. The van der Waals surface area contributed by atoms with Gasteiger partial charge >= 0.3 is 5.97 Å². The summed E-state index contributed by atoms with van der Waals surface area (Å²) in [5, 5.41) is 1.02. The number of rotatable bonds is 2. The van der Waals surface area contributed by atoms with E-state index in [9.17, 15) is 4.79 Å². The highest BCUT2D eigenvalue weighted by atomic mass is 16.5. The highest BCUT2D eigenvalue weighted by Crippen LogP contribution is 2.20. The molecule has 0 radical (unpaired) electrons. The van der Waals surface area contributed by atoms with Crippen molar-refractivity contribution in [1.82, 2.24) is 4.98 Å². The van der Waals surface area contributed by atoms with Gasteiger partial charge in [0, 0.05) is 17.0 Å². The molecule has 0 aliphatic rings. The molecular formula is C15H11NO2. The highest BCUT2D eigenvalue weighted by Gasteiger charge is 2.09. The van der Waals surface area contributed by atoms with E-state index in [2.05, 4.69) is 4.98 Å². The van der Waals surface area contributed by atoms with Crippen molar-refractivity contribution in [2.75, 3.05) is 0 Å². The largest absolute Gasteiger partial charge is 0.406 e. The van der Waals surface area contributed by atoms with Crippen LogP contribution in [0.15, 0.2) is 60.7 Å². The van der Waals surface area contributed by atoms with Crippen molar-refractivity contribution >= 4 is 16.9 Å². The van der Waals surface area contributed by atoms with E-state index in [-0.39, 0.29) is 5.97 Å². The van der Waals surface area contributed by atoms with Gasteiger partial charge in [-0.1, -0.05) is 36.4 Å². The molecule has 1 N–H and O–H groups in total. The number of carbonyl (C=O) groups is 1. The number of nitrogens with one attached hydrogen (secondary N) is 1. The number of carbonyl (C=O) groups excluding carboxylic acids is 1. The van der Waals surface area contributed by atoms with Crippen LogP contribution in [0.25, 0.3) is 10.9 Å². The van der Waals surface area contributed by atoms with Crippen LogP contribution in [0.2, 0.25) is 0 Å². The van der Waals surface area contributed by atoms with Crippen molar-refractivity contribution in [2.45, 2.75) is 0 Å². The summed E-state index contributed by atoms with van der Waals surface area (Å²) >= 11 is 0. The van der Waals surface area contributed by atoms with Crippen LogP contribution >= 0.6 is 0 Å². The molecule has 0 unspecified atom stereocenters. The third-order valence-electron chi connectivity index (χ3n) is 2.72. The van der Waals surface area contributed by atoms with Gasteiger partial charge in [-0.15, -0.1) is 0 Å². The first-order valence-corrected chi connectivity index (χ1v) is 5.68. The Kier molecular flexibility index (Phi) is 2.57. The average molecular weight is 237 g/mol. The van der Waals surface area contributed by atoms with E-state index in [4.69, 9.17) is 4.74 Å². The fourth-order valence-corrected chi connectivity index (χ4v) is 1.83. The molecule has 0 aliphatic carbocycles. The Labute approximate surface area is 104 Å². The molecule has 0 atom stereocenters. The number of benzene rings is 2. The standard InChI is InChI=1S/C15H11NO2/c17-15(11-6-2-1-3-7-11)18-14-10-12-8-4-5-9-13(12)16-14/h1-10,16H. The van der Waals surface area contributed by atoms with Crippen LogP contribution in [0.1, 0.15) is 10.4 Å². The van der Waals surface area contributed by atoms with Gasteiger partial charge in [0.25, 0.3) is 0 Å². The van der Waals surface area contributed by atoms with Crippen LogP contribution in [0.4, 0.5) is 0 Å². The van der Waals surface area contributed by atoms with E-state index in [0.29, 0.717) is 11.4 Å². The highest BCUT2D eigenvalue weighted by molar-refractivity contribution is 5.91. The summed E-state index contributed by atoms with van der Waals surface area (Å²) in [5.41, 5.74) is 1.49. The lowest BCUT2D eigenvalue weighted by Gasteiger charge is -2.00. The van der Waals surface area contributed by atoms with E-state index in [1.807, 2.05) is 48.5 Å². The molecule has 3 heteroatoms. The van der Waals surface area contributed by atoms with Crippen LogP contribution in [0.3, 0.4) is 0 Å². The predicted molar refractivity (Wildman–Crippen MR) is 69.7 cm³/mol. The topological polar surface area (TPSA) is 42.1 Å². The number of para-hydroxylation sites is 1. The summed E-state index contributed by atoms with van der Waals surface area (Å²) in [6.45, 7) is 0. The molecule has 0 saturated heterocycles. The zero-order valence-electron chi connectivity index (χ0n) is 9.59. The minimum absolute atomic E-state index is 0.359. The maximum absolute atomic E-state index is 11.8. The minimum Gasteiger partial charge on any atom is -0.406 e. The Bertz CT molecular complexity index is 653. The number of fused-ring (bicyclic) bond motifs is 1. The summed E-state index contributed by atoms with van der Waals surface area (Å²) in [5.74, 6) is 0.104. The van der Waals surface area contributed by atoms with Gasteiger partial charge in [0.15, 0.2) is 0 Å². The van der Waals surface area contributed by atoms with Crippen LogP contribution in [-0.2, 0) is 0 Å². The third-order valence-corrected chi connectivity index (χ3v) is 2.72. The third kappa shape index (κ3) is 1.98. The van der Waals surface area contributed by atoms with Gasteiger partial charge in [0.05, 0.1) is 5.56 Å². The van der Waals surface area contributed by atoms with Gasteiger partial charge in [-0.05, 0) is 18.2 Å². The number of aromatic nitrogens is 1. The maximum atomic E-state index is 11.8. The molecule has 0 spiro atoms. The van der Waals surface area contributed by atoms with E-state index < -0.39 is 0 Å².